The molecule has 2 rings (SSSR count). The Morgan fingerprint density at radius 3 is 2.65 bits per heavy atom. The van der Waals surface area contributed by atoms with Gasteiger partial charge in [-0.15, -0.1) is 0 Å². The molecule has 0 radical (unpaired) electrons. The Labute approximate surface area is 117 Å². The van der Waals surface area contributed by atoms with Gasteiger partial charge in [0.1, 0.15) is 18.0 Å². The van der Waals surface area contributed by atoms with E-state index in [1.54, 1.807) is 9.25 Å². The largest absolute Gasteiger partial charge is 0.326 e. The zero-order chi connectivity index (χ0) is 14.8. The van der Waals surface area contributed by atoms with Gasteiger partial charge < -0.3 is 4.57 Å². The molecular formula is C11H18N6O2S. The standard InChI is InChI=1S/C11H18N6O2S/c1-3-5-17-10(13-8-14-17)6-16-7-11(20(12,18)19)15-9(16)4-2/h7-8H,3-6H2,1-2H3,(H2,12,18,19). The molecule has 0 aliphatic carbocycles. The van der Waals surface area contributed by atoms with Gasteiger partial charge >= 0.3 is 0 Å². The minimum absolute atomic E-state index is 0.115. The van der Waals surface area contributed by atoms with Crippen molar-refractivity contribution in [3.05, 3.63) is 24.2 Å². The normalized spacial score (nSPS) is 11.9. The van der Waals surface area contributed by atoms with Crippen molar-refractivity contribution in [1.29, 1.82) is 0 Å². The molecule has 0 atom stereocenters. The molecule has 8 nitrogen and oxygen atoms in total. The number of nitrogens with two attached hydrogens (primary N) is 1. The van der Waals surface area contributed by atoms with Crippen LogP contribution in [0.15, 0.2) is 17.6 Å². The summed E-state index contributed by atoms with van der Waals surface area (Å²) in [5.74, 6) is 1.42. The number of imidazole rings is 1. The Balaban J connectivity index is 2.33. The number of aromatic nitrogens is 5. The molecular weight excluding hydrogens is 280 g/mol. The van der Waals surface area contributed by atoms with E-state index >= 15 is 0 Å². The van der Waals surface area contributed by atoms with E-state index in [1.807, 2.05) is 6.92 Å². The van der Waals surface area contributed by atoms with Crippen molar-refractivity contribution in [3.8, 4) is 0 Å². The highest BCUT2D eigenvalue weighted by Crippen LogP contribution is 2.11. The monoisotopic (exact) mass is 298 g/mol. The van der Waals surface area contributed by atoms with Gasteiger partial charge in [-0.05, 0) is 6.42 Å². The van der Waals surface area contributed by atoms with Crippen molar-refractivity contribution >= 4 is 10.0 Å². The number of primary sulfonamides is 1. The Hall–Kier alpha value is -1.74. The lowest BCUT2D eigenvalue weighted by Crippen LogP contribution is -2.12. The molecule has 0 unspecified atom stereocenters. The fourth-order valence-electron chi connectivity index (χ4n) is 1.95. The average Bonchev–Trinajstić information content (AvgIpc) is 2.97. The van der Waals surface area contributed by atoms with Crippen LogP contribution in [0.2, 0.25) is 0 Å². The predicted octanol–water partition coefficient (Wildman–Crippen LogP) is 0.143. The molecule has 2 N–H and O–H groups in total. The summed E-state index contributed by atoms with van der Waals surface area (Å²) in [6.45, 7) is 5.15. The van der Waals surface area contributed by atoms with Crippen LogP contribution < -0.4 is 5.14 Å². The van der Waals surface area contributed by atoms with Gasteiger partial charge in [0, 0.05) is 19.2 Å². The SMILES string of the molecule is CCCn1ncnc1Cn1cc(S(N)(=O)=O)nc1CC. The Morgan fingerprint density at radius 2 is 2.05 bits per heavy atom. The van der Waals surface area contributed by atoms with Crippen LogP contribution in [0.3, 0.4) is 0 Å². The van der Waals surface area contributed by atoms with Crippen molar-refractivity contribution in [2.45, 2.75) is 44.8 Å². The second-order valence-electron chi connectivity index (χ2n) is 4.42. The van der Waals surface area contributed by atoms with Crippen LogP contribution in [0.25, 0.3) is 0 Å². The molecule has 20 heavy (non-hydrogen) atoms. The lowest BCUT2D eigenvalue weighted by Gasteiger charge is -2.07. The van der Waals surface area contributed by atoms with Crippen molar-refractivity contribution in [2.75, 3.05) is 0 Å². The summed E-state index contributed by atoms with van der Waals surface area (Å²) in [6.07, 6.45) is 4.49. The van der Waals surface area contributed by atoms with Crippen molar-refractivity contribution in [2.24, 2.45) is 5.14 Å². The van der Waals surface area contributed by atoms with Crippen LogP contribution in [-0.4, -0.2) is 32.7 Å². The lowest BCUT2D eigenvalue weighted by atomic mass is 10.4. The van der Waals surface area contributed by atoms with E-state index in [-0.39, 0.29) is 5.03 Å². The van der Waals surface area contributed by atoms with E-state index in [0.717, 1.165) is 18.8 Å². The summed E-state index contributed by atoms with van der Waals surface area (Å²) in [6, 6.07) is 0. The molecule has 9 heteroatoms. The van der Waals surface area contributed by atoms with Crippen LogP contribution in [0.4, 0.5) is 0 Å². The maximum atomic E-state index is 11.4. The quantitative estimate of drug-likeness (QED) is 0.816. The number of sulfonamides is 1. The number of nitrogens with zero attached hydrogens (tertiary/aromatic N) is 5. The van der Waals surface area contributed by atoms with Crippen molar-refractivity contribution in [1.82, 2.24) is 24.3 Å². The van der Waals surface area contributed by atoms with Crippen molar-refractivity contribution in [3.63, 3.8) is 0 Å². The molecule has 0 aliphatic heterocycles. The first kappa shape index (κ1) is 14.7. The first-order valence-electron chi connectivity index (χ1n) is 6.41. The molecule has 0 aliphatic rings. The van der Waals surface area contributed by atoms with E-state index in [4.69, 9.17) is 5.14 Å². The van der Waals surface area contributed by atoms with E-state index < -0.39 is 10.0 Å². The zero-order valence-electron chi connectivity index (χ0n) is 11.5. The highest BCUT2D eigenvalue weighted by atomic mass is 32.2. The molecule has 0 amide bonds. The van der Waals surface area contributed by atoms with Gasteiger partial charge in [-0.2, -0.15) is 5.10 Å². The highest BCUT2D eigenvalue weighted by Gasteiger charge is 2.16. The van der Waals surface area contributed by atoms with Crippen LogP contribution in [0.5, 0.6) is 0 Å². The maximum absolute atomic E-state index is 11.4. The van der Waals surface area contributed by atoms with Crippen LogP contribution in [0.1, 0.15) is 31.9 Å². The van der Waals surface area contributed by atoms with E-state index in [1.165, 1.54) is 12.5 Å². The van der Waals surface area contributed by atoms with Crippen LogP contribution in [-0.2, 0) is 29.5 Å². The lowest BCUT2D eigenvalue weighted by molar-refractivity contribution is 0.549. The summed E-state index contributed by atoms with van der Waals surface area (Å²) in [5, 5.41) is 9.14. The minimum Gasteiger partial charge on any atom is -0.326 e. The topological polar surface area (TPSA) is 109 Å². The smallest absolute Gasteiger partial charge is 0.257 e. The van der Waals surface area contributed by atoms with Gasteiger partial charge in [0.2, 0.25) is 0 Å². The Kier molecular flexibility index (Phi) is 4.19. The van der Waals surface area contributed by atoms with E-state index in [9.17, 15) is 8.42 Å². The molecule has 110 valence electrons. The molecule has 2 aromatic rings. The first-order valence-corrected chi connectivity index (χ1v) is 7.95. The van der Waals surface area contributed by atoms with Gasteiger partial charge in [-0.3, -0.25) is 0 Å². The second-order valence-corrected chi connectivity index (χ2v) is 5.93. The van der Waals surface area contributed by atoms with Gasteiger partial charge in [0.25, 0.3) is 10.0 Å². The molecule has 0 fully saturated rings. The average molecular weight is 298 g/mol. The molecule has 0 spiro atoms. The van der Waals surface area contributed by atoms with Crippen LogP contribution in [0, 0.1) is 0 Å². The maximum Gasteiger partial charge on any atom is 0.257 e. The van der Waals surface area contributed by atoms with E-state index in [0.29, 0.717) is 18.8 Å². The summed E-state index contributed by atoms with van der Waals surface area (Å²) >= 11 is 0. The van der Waals surface area contributed by atoms with E-state index in [2.05, 4.69) is 22.0 Å². The van der Waals surface area contributed by atoms with Crippen molar-refractivity contribution < 1.29 is 8.42 Å². The number of hydrogen-bond acceptors (Lipinski definition) is 5. The molecule has 0 bridgehead atoms. The third-order valence-electron chi connectivity index (χ3n) is 2.89. The highest BCUT2D eigenvalue weighted by molar-refractivity contribution is 7.89. The van der Waals surface area contributed by atoms with Gasteiger partial charge in [0.15, 0.2) is 5.03 Å². The third-order valence-corrected chi connectivity index (χ3v) is 3.67. The fraction of sp³-hybridized carbons (Fsp3) is 0.545. The minimum atomic E-state index is -3.79. The Morgan fingerprint density at radius 1 is 1.30 bits per heavy atom. The van der Waals surface area contributed by atoms with Crippen LogP contribution >= 0.6 is 0 Å². The van der Waals surface area contributed by atoms with Gasteiger partial charge in [-0.1, -0.05) is 13.8 Å². The summed E-state index contributed by atoms with van der Waals surface area (Å²) in [5.41, 5.74) is 0. The number of rotatable bonds is 6. The van der Waals surface area contributed by atoms with Gasteiger partial charge in [0.05, 0.1) is 6.54 Å². The number of aryl methyl sites for hydroxylation is 2. The summed E-state index contributed by atoms with van der Waals surface area (Å²) in [7, 11) is -3.79. The molecule has 2 aromatic heterocycles. The first-order chi connectivity index (χ1) is 9.45. The summed E-state index contributed by atoms with van der Waals surface area (Å²) in [4.78, 5) is 8.25. The second kappa shape index (κ2) is 5.71. The number of hydrogen-bond donors (Lipinski definition) is 1. The predicted molar refractivity (Wildman–Crippen MR) is 72.4 cm³/mol. The molecule has 0 aromatic carbocycles. The summed E-state index contributed by atoms with van der Waals surface area (Å²) < 4.78 is 26.3. The van der Waals surface area contributed by atoms with Gasteiger partial charge in [-0.25, -0.2) is 28.2 Å². The fourth-order valence-corrected chi connectivity index (χ4v) is 2.45. The molecule has 2 heterocycles. The zero-order valence-corrected chi connectivity index (χ0v) is 12.3. The molecule has 0 saturated heterocycles. The molecule has 0 saturated carbocycles. The Bertz CT molecular complexity index is 688. The third kappa shape index (κ3) is 3.05.